The standard InChI is InChI=1S/C16H11NO5S2/c1-8-2-4-10(22-8)7-13-14(19)17(16(23)24-13)9-3-5-11(15(20)21)12(18)6-9/h2-7,18H,1H3,(H,20,21)/p-1/b13-7+. The van der Waals surface area contributed by atoms with Gasteiger partial charge in [0.2, 0.25) is 0 Å². The van der Waals surface area contributed by atoms with Crippen LogP contribution in [0.15, 0.2) is 39.7 Å². The minimum absolute atomic E-state index is 0.242. The molecule has 3 rings (SSSR count). The molecule has 1 aliphatic rings. The molecule has 8 heteroatoms. The van der Waals surface area contributed by atoms with E-state index in [-0.39, 0.29) is 21.5 Å². The second-order valence-corrected chi connectivity index (χ2v) is 6.63. The average molecular weight is 360 g/mol. The Balaban J connectivity index is 1.94. The fourth-order valence-corrected chi connectivity index (χ4v) is 3.46. The molecule has 24 heavy (non-hydrogen) atoms. The van der Waals surface area contributed by atoms with E-state index in [0.29, 0.717) is 10.7 Å². The van der Waals surface area contributed by atoms with Gasteiger partial charge < -0.3 is 14.6 Å². The van der Waals surface area contributed by atoms with Crippen LogP contribution >= 0.6 is 24.0 Å². The van der Waals surface area contributed by atoms with Gasteiger partial charge in [-0.1, -0.05) is 29.7 Å². The van der Waals surface area contributed by atoms with Crippen molar-refractivity contribution in [3.05, 3.63) is 52.3 Å². The molecule has 1 saturated heterocycles. The van der Waals surface area contributed by atoms with E-state index in [2.05, 4.69) is 0 Å². The largest absolute Gasteiger partial charge is 0.872 e. The third-order valence-electron chi connectivity index (χ3n) is 3.28. The Morgan fingerprint density at radius 3 is 2.71 bits per heavy atom. The highest BCUT2D eigenvalue weighted by Crippen LogP contribution is 2.37. The second kappa shape index (κ2) is 6.14. The lowest BCUT2D eigenvalue weighted by Gasteiger charge is -2.18. The van der Waals surface area contributed by atoms with Crippen LogP contribution in [-0.4, -0.2) is 21.3 Å². The normalized spacial score (nSPS) is 16.2. The number of furan rings is 1. The molecular formula is C16H10NO5S2-. The molecule has 1 aromatic carbocycles. The Labute approximate surface area is 146 Å². The predicted octanol–water partition coefficient (Wildman–Crippen LogP) is 2.77. The van der Waals surface area contributed by atoms with Crippen LogP contribution in [-0.2, 0) is 4.79 Å². The smallest absolute Gasteiger partial charge is 0.335 e. The van der Waals surface area contributed by atoms with Crippen molar-refractivity contribution in [3.8, 4) is 5.75 Å². The van der Waals surface area contributed by atoms with E-state index in [1.54, 1.807) is 25.1 Å². The fourth-order valence-electron chi connectivity index (χ4n) is 2.18. The number of thiocarbonyl (C=S) groups is 1. The van der Waals surface area contributed by atoms with E-state index in [4.69, 9.17) is 21.7 Å². The first kappa shape index (κ1) is 16.3. The molecule has 2 aromatic rings. The third-order valence-corrected chi connectivity index (χ3v) is 4.58. The molecule has 1 fully saturated rings. The Kier molecular flexibility index (Phi) is 4.16. The van der Waals surface area contributed by atoms with Gasteiger partial charge in [-0.05, 0) is 37.3 Å². The zero-order chi connectivity index (χ0) is 17.4. The Morgan fingerprint density at radius 2 is 2.12 bits per heavy atom. The highest BCUT2D eigenvalue weighted by molar-refractivity contribution is 8.27. The summed E-state index contributed by atoms with van der Waals surface area (Å²) in [6.45, 7) is 1.79. The van der Waals surface area contributed by atoms with Crippen LogP contribution < -0.4 is 10.0 Å². The molecule has 0 aliphatic carbocycles. The van der Waals surface area contributed by atoms with Crippen molar-refractivity contribution in [2.45, 2.75) is 6.92 Å². The Bertz CT molecular complexity index is 900. The van der Waals surface area contributed by atoms with Crippen LogP contribution in [0.3, 0.4) is 0 Å². The number of benzene rings is 1. The van der Waals surface area contributed by atoms with Gasteiger partial charge >= 0.3 is 5.97 Å². The van der Waals surface area contributed by atoms with Gasteiger partial charge in [0, 0.05) is 6.08 Å². The number of thioether (sulfide) groups is 1. The predicted molar refractivity (Wildman–Crippen MR) is 91.9 cm³/mol. The number of aromatic carboxylic acids is 1. The first-order chi connectivity index (χ1) is 11.4. The summed E-state index contributed by atoms with van der Waals surface area (Å²) in [5.74, 6) is -1.14. The number of aryl methyl sites for hydroxylation is 1. The van der Waals surface area contributed by atoms with Crippen LogP contribution in [0.4, 0.5) is 5.69 Å². The number of carboxylic acids is 1. The zero-order valence-corrected chi connectivity index (χ0v) is 13.9. The monoisotopic (exact) mass is 360 g/mol. The molecule has 1 amide bonds. The zero-order valence-electron chi connectivity index (χ0n) is 12.3. The summed E-state index contributed by atoms with van der Waals surface area (Å²) < 4.78 is 5.67. The average Bonchev–Trinajstić information content (AvgIpc) is 3.02. The first-order valence-electron chi connectivity index (χ1n) is 6.75. The van der Waals surface area contributed by atoms with E-state index in [0.717, 1.165) is 29.7 Å². The Morgan fingerprint density at radius 1 is 1.38 bits per heavy atom. The summed E-state index contributed by atoms with van der Waals surface area (Å²) in [4.78, 5) is 25.0. The number of carbonyl (C=O) groups is 2. The molecule has 6 nitrogen and oxygen atoms in total. The summed E-state index contributed by atoms with van der Waals surface area (Å²) in [6.07, 6.45) is 1.58. The first-order valence-corrected chi connectivity index (χ1v) is 7.98. The van der Waals surface area contributed by atoms with Crippen molar-refractivity contribution >= 4 is 51.9 Å². The van der Waals surface area contributed by atoms with E-state index in [1.165, 1.54) is 11.0 Å². The lowest BCUT2D eigenvalue weighted by Crippen LogP contribution is -2.27. The van der Waals surface area contributed by atoms with Crippen molar-refractivity contribution in [2.75, 3.05) is 4.90 Å². The quantitative estimate of drug-likeness (QED) is 0.664. The molecule has 122 valence electrons. The highest BCUT2D eigenvalue weighted by atomic mass is 32.2. The maximum atomic E-state index is 12.5. The maximum Gasteiger partial charge on any atom is 0.335 e. The number of carboxylic acid groups (broad SMARTS) is 1. The molecule has 0 saturated carbocycles. The minimum Gasteiger partial charge on any atom is -0.872 e. The number of hydrogen-bond acceptors (Lipinski definition) is 6. The van der Waals surface area contributed by atoms with E-state index in [9.17, 15) is 14.7 Å². The maximum absolute atomic E-state index is 12.5. The van der Waals surface area contributed by atoms with Gasteiger partial charge in [-0.2, -0.15) is 0 Å². The van der Waals surface area contributed by atoms with Crippen molar-refractivity contribution < 1.29 is 24.2 Å². The van der Waals surface area contributed by atoms with Crippen molar-refractivity contribution in [3.63, 3.8) is 0 Å². The summed E-state index contributed by atoms with van der Waals surface area (Å²) in [6, 6.07) is 7.15. The molecule has 0 spiro atoms. The summed E-state index contributed by atoms with van der Waals surface area (Å²) >= 11 is 6.29. The van der Waals surface area contributed by atoms with Crippen LogP contribution in [0.2, 0.25) is 0 Å². The number of anilines is 1. The van der Waals surface area contributed by atoms with E-state index >= 15 is 0 Å². The molecule has 0 unspecified atom stereocenters. The SMILES string of the molecule is Cc1ccc(/C=C2/SC(=S)N(c3ccc(C(=O)O)c([O-])c3)C2=O)o1. The van der Waals surface area contributed by atoms with Crippen LogP contribution in [0, 0.1) is 6.92 Å². The third kappa shape index (κ3) is 2.93. The van der Waals surface area contributed by atoms with Gasteiger partial charge in [0.1, 0.15) is 11.5 Å². The van der Waals surface area contributed by atoms with Gasteiger partial charge in [0.05, 0.1) is 16.2 Å². The fraction of sp³-hybridized carbons (Fsp3) is 0.0625. The lowest BCUT2D eigenvalue weighted by molar-refractivity contribution is -0.268. The number of carbonyl (C=O) groups excluding carboxylic acids is 1. The molecular weight excluding hydrogens is 350 g/mol. The number of amides is 1. The van der Waals surface area contributed by atoms with Gasteiger partial charge in [-0.25, -0.2) is 4.79 Å². The highest BCUT2D eigenvalue weighted by Gasteiger charge is 2.33. The van der Waals surface area contributed by atoms with Crippen molar-refractivity contribution in [2.24, 2.45) is 0 Å². The molecule has 1 aliphatic heterocycles. The van der Waals surface area contributed by atoms with Crippen molar-refractivity contribution in [1.82, 2.24) is 0 Å². The van der Waals surface area contributed by atoms with Gasteiger partial charge in [0.15, 0.2) is 4.32 Å². The summed E-state index contributed by atoms with van der Waals surface area (Å²) in [7, 11) is 0. The molecule has 2 heterocycles. The Hall–Kier alpha value is -2.58. The number of nitrogens with zero attached hydrogens (tertiary/aromatic N) is 1. The van der Waals surface area contributed by atoms with Crippen LogP contribution in [0.25, 0.3) is 6.08 Å². The summed E-state index contributed by atoms with van der Waals surface area (Å²) in [5.41, 5.74) is -0.114. The molecule has 0 bridgehead atoms. The molecule has 1 N–H and O–H groups in total. The number of hydrogen-bond donors (Lipinski definition) is 1. The van der Waals surface area contributed by atoms with E-state index < -0.39 is 11.7 Å². The van der Waals surface area contributed by atoms with E-state index in [1.807, 2.05) is 0 Å². The van der Waals surface area contributed by atoms with Crippen molar-refractivity contribution in [1.29, 1.82) is 0 Å². The molecule has 0 atom stereocenters. The number of rotatable bonds is 3. The van der Waals surface area contributed by atoms with Crippen LogP contribution in [0.5, 0.6) is 5.75 Å². The van der Waals surface area contributed by atoms with Gasteiger partial charge in [-0.3, -0.25) is 9.69 Å². The second-order valence-electron chi connectivity index (χ2n) is 4.95. The lowest BCUT2D eigenvalue weighted by atomic mass is 10.1. The summed E-state index contributed by atoms with van der Waals surface area (Å²) in [5, 5.41) is 20.7. The van der Waals surface area contributed by atoms with Crippen LogP contribution in [0.1, 0.15) is 21.9 Å². The minimum atomic E-state index is -1.31. The van der Waals surface area contributed by atoms with Gasteiger partial charge in [-0.15, -0.1) is 0 Å². The topological polar surface area (TPSA) is 93.8 Å². The van der Waals surface area contributed by atoms with Gasteiger partial charge in [0.25, 0.3) is 5.91 Å². The molecule has 1 aromatic heterocycles. The molecule has 0 radical (unpaired) electrons.